The second-order valence-electron chi connectivity index (χ2n) is 8.08. The predicted molar refractivity (Wildman–Crippen MR) is 106 cm³/mol. The Labute approximate surface area is 170 Å². The van der Waals surface area contributed by atoms with Crippen LogP contribution in [0.5, 0.6) is 0 Å². The third kappa shape index (κ3) is 3.81. The molecular formula is C21H28N4O4. The molecule has 1 N–H and O–H groups in total. The van der Waals surface area contributed by atoms with Crippen LogP contribution in [-0.2, 0) is 11.8 Å². The number of likely N-dealkylation sites (tertiary alicyclic amines) is 1. The number of carbonyl (C=O) groups excluding carboxylic acids is 2. The lowest BCUT2D eigenvalue weighted by Crippen LogP contribution is -2.46. The maximum absolute atomic E-state index is 13.0. The number of rotatable bonds is 4. The van der Waals surface area contributed by atoms with E-state index in [0.29, 0.717) is 36.1 Å². The summed E-state index contributed by atoms with van der Waals surface area (Å²) in [6.07, 6.45) is 5.73. The molecule has 8 nitrogen and oxygen atoms in total. The summed E-state index contributed by atoms with van der Waals surface area (Å²) in [5.41, 5.74) is 0.840. The van der Waals surface area contributed by atoms with Gasteiger partial charge in [0.2, 0.25) is 5.89 Å². The lowest BCUT2D eigenvalue weighted by Gasteiger charge is -2.38. The van der Waals surface area contributed by atoms with Gasteiger partial charge < -0.3 is 23.9 Å². The molecule has 4 rings (SSSR count). The minimum Gasteiger partial charge on any atom is -0.443 e. The number of aryl methyl sites for hydroxylation is 2. The Morgan fingerprint density at radius 1 is 1.28 bits per heavy atom. The van der Waals surface area contributed by atoms with Gasteiger partial charge in [0.05, 0.1) is 5.60 Å². The Kier molecular flexibility index (Phi) is 5.21. The molecule has 8 heteroatoms. The Morgan fingerprint density at radius 2 is 2.03 bits per heavy atom. The third-order valence-corrected chi connectivity index (χ3v) is 6.06. The molecule has 2 aliphatic rings. The van der Waals surface area contributed by atoms with Gasteiger partial charge in [0, 0.05) is 32.9 Å². The first-order valence-electron chi connectivity index (χ1n) is 10.2. The van der Waals surface area contributed by atoms with E-state index in [1.165, 1.54) is 0 Å². The first-order chi connectivity index (χ1) is 13.9. The van der Waals surface area contributed by atoms with E-state index in [4.69, 9.17) is 9.15 Å². The molecule has 2 aliphatic heterocycles. The fourth-order valence-electron chi connectivity index (χ4n) is 4.25. The molecular weight excluding hydrogens is 372 g/mol. The van der Waals surface area contributed by atoms with E-state index in [-0.39, 0.29) is 17.4 Å². The van der Waals surface area contributed by atoms with Gasteiger partial charge in [0.25, 0.3) is 11.8 Å². The maximum atomic E-state index is 13.0. The molecule has 2 aromatic rings. The fourth-order valence-corrected chi connectivity index (χ4v) is 4.25. The zero-order valence-corrected chi connectivity index (χ0v) is 17.2. The number of aromatic nitrogens is 2. The number of nitrogens with one attached hydrogen (secondary N) is 1. The van der Waals surface area contributed by atoms with Crippen molar-refractivity contribution in [2.75, 3.05) is 19.7 Å². The third-order valence-electron chi connectivity index (χ3n) is 6.06. The molecule has 4 heterocycles. The van der Waals surface area contributed by atoms with E-state index in [1.54, 1.807) is 24.5 Å². The highest BCUT2D eigenvalue weighted by atomic mass is 16.5. The van der Waals surface area contributed by atoms with Crippen LogP contribution in [0.25, 0.3) is 0 Å². The van der Waals surface area contributed by atoms with Gasteiger partial charge in [0.1, 0.15) is 17.5 Å². The summed E-state index contributed by atoms with van der Waals surface area (Å²) in [6.45, 7) is 5.69. The minimum absolute atomic E-state index is 0.0312. The molecule has 2 amide bonds. The van der Waals surface area contributed by atoms with Crippen LogP contribution in [0.1, 0.15) is 71.3 Å². The molecule has 0 radical (unpaired) electrons. The summed E-state index contributed by atoms with van der Waals surface area (Å²) in [7, 11) is 1.81. The van der Waals surface area contributed by atoms with Crippen LogP contribution in [0.3, 0.4) is 0 Å². The van der Waals surface area contributed by atoms with Crippen LogP contribution in [0.15, 0.2) is 22.7 Å². The molecule has 0 aliphatic carbocycles. The van der Waals surface area contributed by atoms with Crippen LogP contribution in [-0.4, -0.2) is 51.6 Å². The molecule has 2 aromatic heterocycles. The fraction of sp³-hybridized carbons (Fsp3) is 0.571. The highest BCUT2D eigenvalue weighted by molar-refractivity contribution is 5.94. The number of piperidine rings is 1. The molecule has 0 bridgehead atoms. The number of amides is 2. The number of hydrogen-bond donors (Lipinski definition) is 1. The number of ether oxygens (including phenoxy) is 1. The molecule has 0 aromatic carbocycles. The van der Waals surface area contributed by atoms with Crippen molar-refractivity contribution in [1.82, 2.24) is 19.8 Å². The number of carbonyl (C=O) groups is 2. The SMILES string of the molecule is Cc1oc([C@H](C)NC(=O)c2cccn2C)nc1C(=O)N1CCC2(CCCO2)CC1. The lowest BCUT2D eigenvalue weighted by molar-refractivity contribution is -0.0388. The second kappa shape index (κ2) is 7.67. The molecule has 0 saturated carbocycles. The Bertz CT molecular complexity index is 900. The second-order valence-corrected chi connectivity index (χ2v) is 8.08. The van der Waals surface area contributed by atoms with Crippen LogP contribution >= 0.6 is 0 Å². The zero-order chi connectivity index (χ0) is 20.6. The predicted octanol–water partition coefficient (Wildman–Crippen LogP) is 2.60. The average Bonchev–Trinajstić information content (AvgIpc) is 3.42. The summed E-state index contributed by atoms with van der Waals surface area (Å²) < 4.78 is 13.4. The van der Waals surface area contributed by atoms with Gasteiger partial charge in [-0.1, -0.05) is 0 Å². The van der Waals surface area contributed by atoms with Crippen LogP contribution in [0.4, 0.5) is 0 Å². The number of oxazole rings is 1. The zero-order valence-electron chi connectivity index (χ0n) is 17.2. The van der Waals surface area contributed by atoms with E-state index in [0.717, 1.165) is 32.3 Å². The number of nitrogens with zero attached hydrogens (tertiary/aromatic N) is 3. The van der Waals surface area contributed by atoms with Gasteiger partial charge in [-0.25, -0.2) is 4.98 Å². The summed E-state index contributed by atoms with van der Waals surface area (Å²) >= 11 is 0. The van der Waals surface area contributed by atoms with Crippen molar-refractivity contribution in [3.05, 3.63) is 41.4 Å². The van der Waals surface area contributed by atoms with Crippen molar-refractivity contribution in [3.63, 3.8) is 0 Å². The van der Waals surface area contributed by atoms with Crippen LogP contribution < -0.4 is 5.32 Å². The van der Waals surface area contributed by atoms with Crippen molar-refractivity contribution in [3.8, 4) is 0 Å². The smallest absolute Gasteiger partial charge is 0.276 e. The normalized spacial score (nSPS) is 19.5. The first-order valence-corrected chi connectivity index (χ1v) is 10.2. The van der Waals surface area contributed by atoms with Gasteiger partial charge in [-0.05, 0) is 51.7 Å². The summed E-state index contributed by atoms with van der Waals surface area (Å²) in [4.78, 5) is 31.7. The highest BCUT2D eigenvalue weighted by Gasteiger charge is 2.40. The van der Waals surface area contributed by atoms with Gasteiger partial charge in [-0.15, -0.1) is 0 Å². The van der Waals surface area contributed by atoms with Crippen molar-refractivity contribution >= 4 is 11.8 Å². The van der Waals surface area contributed by atoms with E-state index in [2.05, 4.69) is 10.3 Å². The monoisotopic (exact) mass is 400 g/mol. The lowest BCUT2D eigenvalue weighted by atomic mass is 9.88. The van der Waals surface area contributed by atoms with E-state index >= 15 is 0 Å². The standard InChI is InChI=1S/C21H28N4O4/c1-14(22-18(26)16-6-4-10-24(16)3)19-23-17(15(2)29-19)20(27)25-11-8-21(9-12-25)7-5-13-28-21/h4,6,10,14H,5,7-9,11-13H2,1-3H3,(H,22,26)/t14-/m0/s1. The van der Waals surface area contributed by atoms with Crippen molar-refractivity contribution in [1.29, 1.82) is 0 Å². The van der Waals surface area contributed by atoms with Gasteiger partial charge in [0.15, 0.2) is 5.69 Å². The van der Waals surface area contributed by atoms with E-state index in [1.807, 2.05) is 24.2 Å². The molecule has 2 fully saturated rings. The Hall–Kier alpha value is -2.61. The van der Waals surface area contributed by atoms with Crippen LogP contribution in [0.2, 0.25) is 0 Å². The van der Waals surface area contributed by atoms with Crippen molar-refractivity contribution in [2.24, 2.45) is 7.05 Å². The quantitative estimate of drug-likeness (QED) is 0.852. The first kappa shape index (κ1) is 19.7. The largest absolute Gasteiger partial charge is 0.443 e. The van der Waals surface area contributed by atoms with Crippen molar-refractivity contribution in [2.45, 2.75) is 51.2 Å². The summed E-state index contributed by atoms with van der Waals surface area (Å²) in [5.74, 6) is 0.473. The number of hydrogen-bond acceptors (Lipinski definition) is 5. The topological polar surface area (TPSA) is 89.6 Å². The minimum atomic E-state index is -0.450. The Balaban J connectivity index is 1.41. The van der Waals surface area contributed by atoms with Gasteiger partial charge in [-0.3, -0.25) is 9.59 Å². The highest BCUT2D eigenvalue weighted by Crippen LogP contribution is 2.36. The molecule has 2 saturated heterocycles. The molecule has 156 valence electrons. The summed E-state index contributed by atoms with van der Waals surface area (Å²) in [5, 5.41) is 2.87. The Morgan fingerprint density at radius 3 is 2.66 bits per heavy atom. The van der Waals surface area contributed by atoms with E-state index in [9.17, 15) is 9.59 Å². The van der Waals surface area contributed by atoms with Crippen LogP contribution in [0, 0.1) is 6.92 Å². The molecule has 1 spiro atoms. The van der Waals surface area contributed by atoms with Gasteiger partial charge in [-0.2, -0.15) is 0 Å². The van der Waals surface area contributed by atoms with Gasteiger partial charge >= 0.3 is 0 Å². The molecule has 1 atom stereocenters. The maximum Gasteiger partial charge on any atom is 0.276 e. The average molecular weight is 400 g/mol. The summed E-state index contributed by atoms with van der Waals surface area (Å²) in [6, 6.07) is 3.11. The van der Waals surface area contributed by atoms with E-state index < -0.39 is 6.04 Å². The molecule has 29 heavy (non-hydrogen) atoms. The van der Waals surface area contributed by atoms with Crippen molar-refractivity contribution < 1.29 is 18.7 Å². The molecule has 0 unspecified atom stereocenters.